The lowest BCUT2D eigenvalue weighted by Gasteiger charge is -2.32. The number of Topliss-reactive ketones (excluding diaryl/α,β-unsaturated/α-hetero) is 1. The summed E-state index contributed by atoms with van der Waals surface area (Å²) in [6.45, 7) is 11.6. The summed E-state index contributed by atoms with van der Waals surface area (Å²) < 4.78 is 8.30. The smallest absolute Gasteiger partial charge is 0.180 e. The Morgan fingerprint density at radius 3 is 2.50 bits per heavy atom. The normalized spacial score (nSPS) is 14.8. The molecule has 1 N–H and O–H groups in total. The van der Waals surface area contributed by atoms with Gasteiger partial charge in [-0.05, 0) is 44.7 Å². The van der Waals surface area contributed by atoms with Gasteiger partial charge in [-0.2, -0.15) is 0 Å². The monoisotopic (exact) mass is 296 g/mol. The molecule has 0 radical (unpaired) electrons. The van der Waals surface area contributed by atoms with Gasteiger partial charge in [0.1, 0.15) is 0 Å². The maximum absolute atomic E-state index is 12.8. The van der Waals surface area contributed by atoms with Gasteiger partial charge in [0, 0.05) is 17.5 Å². The van der Waals surface area contributed by atoms with Gasteiger partial charge in [0.25, 0.3) is 0 Å². The van der Waals surface area contributed by atoms with E-state index in [4.69, 9.17) is 13.0 Å². The Bertz CT molecular complexity index is 520. The number of hydrogen-bond donors (Lipinski definition) is 1. The molecule has 0 aliphatic rings. The SMILES string of the molecule is [2H]C(C)(C)C(NC(C)(C)CC)C(=O)c1ccc(C)c(Cl)c1. The number of benzene rings is 1. The lowest BCUT2D eigenvalue weighted by atomic mass is 9.90. The molecular weight excluding hydrogens is 270 g/mol. The summed E-state index contributed by atoms with van der Waals surface area (Å²) in [5.74, 6) is -1.00. The number of carbonyl (C=O) groups is 1. The third kappa shape index (κ3) is 4.32. The van der Waals surface area contributed by atoms with Crippen LogP contribution in [0, 0.1) is 12.8 Å². The number of aryl methyl sites for hydroxylation is 1. The van der Waals surface area contributed by atoms with Gasteiger partial charge in [-0.25, -0.2) is 0 Å². The van der Waals surface area contributed by atoms with Gasteiger partial charge in [0.15, 0.2) is 5.78 Å². The van der Waals surface area contributed by atoms with Crippen LogP contribution in [0.2, 0.25) is 5.02 Å². The van der Waals surface area contributed by atoms with Gasteiger partial charge in [0.05, 0.1) is 6.04 Å². The number of nitrogens with one attached hydrogen (secondary N) is 1. The van der Waals surface area contributed by atoms with E-state index in [1.807, 2.05) is 26.8 Å². The zero-order valence-corrected chi connectivity index (χ0v) is 14.1. The van der Waals surface area contributed by atoms with Gasteiger partial charge in [-0.15, -0.1) is 0 Å². The lowest BCUT2D eigenvalue weighted by molar-refractivity contribution is 0.0890. The number of halogens is 1. The maximum atomic E-state index is 12.8. The van der Waals surface area contributed by atoms with Crippen LogP contribution < -0.4 is 5.32 Å². The van der Waals surface area contributed by atoms with E-state index in [9.17, 15) is 4.79 Å². The molecule has 0 aliphatic heterocycles. The molecule has 0 aromatic heterocycles. The van der Waals surface area contributed by atoms with Crippen molar-refractivity contribution in [3.05, 3.63) is 34.3 Å². The third-order valence-corrected chi connectivity index (χ3v) is 4.12. The van der Waals surface area contributed by atoms with Crippen molar-refractivity contribution in [2.75, 3.05) is 0 Å². The summed E-state index contributed by atoms with van der Waals surface area (Å²) in [6.07, 6.45) is 0.877. The molecule has 0 saturated carbocycles. The molecule has 112 valence electrons. The summed E-state index contributed by atoms with van der Waals surface area (Å²) in [7, 11) is 0. The highest BCUT2D eigenvalue weighted by Crippen LogP contribution is 2.21. The largest absolute Gasteiger partial charge is 0.302 e. The van der Waals surface area contributed by atoms with Crippen LogP contribution in [-0.4, -0.2) is 17.4 Å². The van der Waals surface area contributed by atoms with Crippen molar-refractivity contribution in [3.63, 3.8) is 0 Å². The van der Waals surface area contributed by atoms with E-state index >= 15 is 0 Å². The third-order valence-electron chi connectivity index (χ3n) is 3.71. The lowest BCUT2D eigenvalue weighted by Crippen LogP contribution is -2.51. The Labute approximate surface area is 129 Å². The zero-order chi connectivity index (χ0) is 16.4. The maximum Gasteiger partial charge on any atom is 0.180 e. The summed E-state index contributed by atoms with van der Waals surface area (Å²) >= 11 is 6.12. The van der Waals surface area contributed by atoms with Crippen molar-refractivity contribution in [3.8, 4) is 0 Å². The molecule has 0 spiro atoms. The standard InChI is InChI=1S/C17H26ClNO/c1-7-17(5,6)19-15(11(2)3)16(20)13-9-8-12(4)14(18)10-13/h8-11,15,19H,7H2,1-6H3/i11D. The van der Waals surface area contributed by atoms with E-state index < -0.39 is 11.9 Å². The van der Waals surface area contributed by atoms with Crippen LogP contribution in [0.1, 0.15) is 58.3 Å². The molecule has 1 aromatic carbocycles. The average molecular weight is 297 g/mol. The second-order valence-corrected chi connectivity index (χ2v) is 6.63. The second-order valence-electron chi connectivity index (χ2n) is 6.22. The van der Waals surface area contributed by atoms with Crippen molar-refractivity contribution in [1.29, 1.82) is 0 Å². The Kier molecular flexibility index (Phi) is 5.22. The molecule has 1 aromatic rings. The number of hydrogen-bond acceptors (Lipinski definition) is 2. The van der Waals surface area contributed by atoms with Gasteiger partial charge < -0.3 is 5.32 Å². The quantitative estimate of drug-likeness (QED) is 0.775. The minimum absolute atomic E-state index is 0.0848. The highest BCUT2D eigenvalue weighted by atomic mass is 35.5. The first-order chi connectivity index (χ1) is 9.48. The fourth-order valence-corrected chi connectivity index (χ4v) is 2.06. The highest BCUT2D eigenvalue weighted by Gasteiger charge is 2.28. The predicted molar refractivity (Wildman–Crippen MR) is 86.7 cm³/mol. The molecular formula is C17H26ClNO. The van der Waals surface area contributed by atoms with Crippen LogP contribution in [0.15, 0.2) is 18.2 Å². The molecule has 0 fully saturated rings. The zero-order valence-electron chi connectivity index (χ0n) is 14.3. The molecule has 0 amide bonds. The van der Waals surface area contributed by atoms with Crippen molar-refractivity contribution >= 4 is 17.4 Å². The molecule has 0 aliphatic carbocycles. The summed E-state index contributed by atoms with van der Waals surface area (Å²) in [6, 6.07) is 4.74. The van der Waals surface area contributed by atoms with Crippen molar-refractivity contribution in [2.45, 2.75) is 59.5 Å². The molecule has 0 bridgehead atoms. The predicted octanol–water partition coefficient (Wildman–Crippen LogP) is 4.63. The first kappa shape index (κ1) is 15.5. The highest BCUT2D eigenvalue weighted by molar-refractivity contribution is 6.31. The van der Waals surface area contributed by atoms with Crippen LogP contribution in [0.5, 0.6) is 0 Å². The van der Waals surface area contributed by atoms with E-state index in [1.165, 1.54) is 0 Å². The molecule has 0 heterocycles. The van der Waals surface area contributed by atoms with E-state index in [2.05, 4.69) is 12.2 Å². The summed E-state index contributed by atoms with van der Waals surface area (Å²) in [4.78, 5) is 12.8. The number of ketones is 1. The van der Waals surface area contributed by atoms with Crippen molar-refractivity contribution in [1.82, 2.24) is 5.32 Å². The Balaban J connectivity index is 3.14. The van der Waals surface area contributed by atoms with Gasteiger partial charge >= 0.3 is 0 Å². The van der Waals surface area contributed by atoms with Gasteiger partial charge in [0.2, 0.25) is 0 Å². The number of carbonyl (C=O) groups excluding carboxylic acids is 1. The van der Waals surface area contributed by atoms with Crippen molar-refractivity contribution in [2.24, 2.45) is 5.89 Å². The molecule has 3 heteroatoms. The minimum atomic E-state index is -0.916. The summed E-state index contributed by atoms with van der Waals surface area (Å²) in [5, 5.41) is 3.92. The Hall–Kier alpha value is -0.860. The first-order valence-electron chi connectivity index (χ1n) is 7.56. The minimum Gasteiger partial charge on any atom is -0.302 e. The molecule has 2 nitrogen and oxygen atoms in total. The topological polar surface area (TPSA) is 29.1 Å². The molecule has 1 rings (SSSR count). The van der Waals surface area contributed by atoms with Crippen LogP contribution in [0.4, 0.5) is 0 Å². The Morgan fingerprint density at radius 2 is 2.05 bits per heavy atom. The van der Waals surface area contributed by atoms with E-state index in [0.29, 0.717) is 10.6 Å². The van der Waals surface area contributed by atoms with Gasteiger partial charge in [-0.1, -0.05) is 44.5 Å². The average Bonchev–Trinajstić information content (AvgIpc) is 2.37. The van der Waals surface area contributed by atoms with E-state index in [0.717, 1.165) is 12.0 Å². The molecule has 0 saturated heterocycles. The first-order valence-corrected chi connectivity index (χ1v) is 7.44. The van der Waals surface area contributed by atoms with Crippen LogP contribution in [-0.2, 0) is 0 Å². The fourth-order valence-electron chi connectivity index (χ4n) is 1.88. The Morgan fingerprint density at radius 1 is 1.45 bits per heavy atom. The van der Waals surface area contributed by atoms with Crippen LogP contribution in [0.25, 0.3) is 0 Å². The van der Waals surface area contributed by atoms with Crippen molar-refractivity contribution < 1.29 is 6.17 Å². The number of rotatable bonds is 6. The second kappa shape index (κ2) is 6.73. The molecule has 20 heavy (non-hydrogen) atoms. The van der Waals surface area contributed by atoms with Crippen LogP contribution in [0.3, 0.4) is 0 Å². The molecule has 1 atom stereocenters. The van der Waals surface area contributed by atoms with Crippen LogP contribution >= 0.6 is 11.6 Å². The van der Waals surface area contributed by atoms with E-state index in [-0.39, 0.29) is 11.3 Å². The summed E-state index contributed by atoms with van der Waals surface area (Å²) in [5.41, 5.74) is 1.29. The fraction of sp³-hybridized carbons (Fsp3) is 0.588. The van der Waals surface area contributed by atoms with E-state index in [1.54, 1.807) is 26.0 Å². The molecule has 1 unspecified atom stereocenters. The van der Waals surface area contributed by atoms with Gasteiger partial charge in [-0.3, -0.25) is 4.79 Å².